The lowest BCUT2D eigenvalue weighted by Gasteiger charge is -2.09. The van der Waals surface area contributed by atoms with E-state index in [0.29, 0.717) is 6.54 Å². The second-order valence-corrected chi connectivity index (χ2v) is 4.95. The van der Waals surface area contributed by atoms with Gasteiger partial charge in [0.2, 0.25) is 0 Å². The Kier molecular flexibility index (Phi) is 3.69. The van der Waals surface area contributed by atoms with Gasteiger partial charge in [-0.1, -0.05) is 23.8 Å². The number of fused-ring (bicyclic) bond motifs is 1. The summed E-state index contributed by atoms with van der Waals surface area (Å²) in [5, 5.41) is 4.42. The average Bonchev–Trinajstić information content (AvgIpc) is 2.53. The second kappa shape index (κ2) is 5.79. The summed E-state index contributed by atoms with van der Waals surface area (Å²) in [5.41, 5.74) is 3.29. The molecule has 4 heteroatoms. The molecule has 1 heterocycles. The van der Waals surface area contributed by atoms with Gasteiger partial charge in [-0.3, -0.25) is 0 Å². The van der Waals surface area contributed by atoms with Gasteiger partial charge >= 0.3 is 0 Å². The molecule has 0 atom stereocenters. The Labute approximate surface area is 123 Å². The third-order valence-corrected chi connectivity index (χ3v) is 3.38. The van der Waals surface area contributed by atoms with E-state index in [1.807, 2.05) is 24.3 Å². The van der Waals surface area contributed by atoms with Crippen LogP contribution in [0.3, 0.4) is 0 Å². The van der Waals surface area contributed by atoms with E-state index in [4.69, 9.17) is 4.74 Å². The molecule has 0 spiro atoms. The van der Waals surface area contributed by atoms with Crippen molar-refractivity contribution in [2.75, 3.05) is 12.4 Å². The summed E-state index contributed by atoms with van der Waals surface area (Å²) in [4.78, 5) is 8.65. The number of nitrogens with zero attached hydrogens (tertiary/aromatic N) is 2. The van der Waals surface area contributed by atoms with Crippen molar-refractivity contribution in [3.63, 3.8) is 0 Å². The van der Waals surface area contributed by atoms with Crippen molar-refractivity contribution in [2.45, 2.75) is 13.5 Å². The van der Waals surface area contributed by atoms with Crippen LogP contribution in [-0.2, 0) is 6.54 Å². The van der Waals surface area contributed by atoms with Crippen LogP contribution in [0.2, 0.25) is 0 Å². The lowest BCUT2D eigenvalue weighted by Crippen LogP contribution is -2.03. The van der Waals surface area contributed by atoms with Gasteiger partial charge in [-0.25, -0.2) is 9.97 Å². The van der Waals surface area contributed by atoms with E-state index in [1.165, 1.54) is 5.56 Å². The maximum absolute atomic E-state index is 5.24. The van der Waals surface area contributed by atoms with Crippen LogP contribution in [0.1, 0.15) is 11.1 Å². The number of nitrogens with one attached hydrogen (secondary N) is 1. The van der Waals surface area contributed by atoms with Gasteiger partial charge in [-0.15, -0.1) is 0 Å². The van der Waals surface area contributed by atoms with Gasteiger partial charge in [0.05, 0.1) is 12.6 Å². The van der Waals surface area contributed by atoms with Crippen molar-refractivity contribution < 1.29 is 4.74 Å². The normalized spacial score (nSPS) is 10.6. The van der Waals surface area contributed by atoms with Crippen LogP contribution < -0.4 is 10.1 Å². The number of rotatable bonds is 4. The highest BCUT2D eigenvalue weighted by molar-refractivity contribution is 5.89. The molecule has 0 aliphatic heterocycles. The number of benzene rings is 2. The highest BCUT2D eigenvalue weighted by atomic mass is 16.5. The molecule has 3 rings (SSSR count). The Morgan fingerprint density at radius 2 is 2.00 bits per heavy atom. The van der Waals surface area contributed by atoms with E-state index in [2.05, 4.69) is 40.4 Å². The Morgan fingerprint density at radius 1 is 1.10 bits per heavy atom. The van der Waals surface area contributed by atoms with Gasteiger partial charge in [0.15, 0.2) is 0 Å². The third kappa shape index (κ3) is 2.94. The Bertz CT molecular complexity index is 771. The quantitative estimate of drug-likeness (QED) is 0.793. The first-order chi connectivity index (χ1) is 10.3. The molecule has 106 valence electrons. The van der Waals surface area contributed by atoms with Gasteiger partial charge in [0.1, 0.15) is 17.9 Å². The van der Waals surface area contributed by atoms with Crippen molar-refractivity contribution in [2.24, 2.45) is 0 Å². The molecule has 0 radical (unpaired) electrons. The van der Waals surface area contributed by atoms with Crippen LogP contribution >= 0.6 is 0 Å². The molecule has 0 saturated carbocycles. The molecule has 0 aliphatic rings. The molecule has 0 amide bonds. The van der Waals surface area contributed by atoms with E-state index in [0.717, 1.165) is 28.0 Å². The smallest absolute Gasteiger partial charge is 0.137 e. The van der Waals surface area contributed by atoms with Crippen LogP contribution in [0.5, 0.6) is 5.75 Å². The zero-order chi connectivity index (χ0) is 14.7. The minimum absolute atomic E-state index is 0.692. The summed E-state index contributed by atoms with van der Waals surface area (Å²) in [6.45, 7) is 2.76. The van der Waals surface area contributed by atoms with Crippen molar-refractivity contribution in [3.8, 4) is 5.75 Å². The standard InChI is InChI=1S/C17H17N3O/c1-12-6-7-16-15(8-12)17(20-11-19-16)18-10-13-4-3-5-14(9-13)21-2/h3-9,11H,10H2,1-2H3,(H,18,19,20). The van der Waals surface area contributed by atoms with Crippen LogP contribution in [0.4, 0.5) is 5.82 Å². The molecule has 0 fully saturated rings. The minimum atomic E-state index is 0.692. The molecule has 2 aromatic carbocycles. The summed E-state index contributed by atoms with van der Waals surface area (Å²) < 4.78 is 5.24. The molecule has 1 N–H and O–H groups in total. The lowest BCUT2D eigenvalue weighted by molar-refractivity contribution is 0.414. The second-order valence-electron chi connectivity index (χ2n) is 4.95. The number of aromatic nitrogens is 2. The maximum atomic E-state index is 5.24. The molecule has 1 aromatic heterocycles. The fourth-order valence-electron chi connectivity index (χ4n) is 2.28. The number of hydrogen-bond acceptors (Lipinski definition) is 4. The highest BCUT2D eigenvalue weighted by Gasteiger charge is 2.04. The molecule has 0 unspecified atom stereocenters. The first kappa shape index (κ1) is 13.4. The Balaban J connectivity index is 1.86. The number of ether oxygens (including phenoxy) is 1. The van der Waals surface area contributed by atoms with E-state index in [-0.39, 0.29) is 0 Å². The first-order valence-electron chi connectivity index (χ1n) is 6.84. The van der Waals surface area contributed by atoms with Crippen molar-refractivity contribution in [1.82, 2.24) is 9.97 Å². The number of aryl methyl sites for hydroxylation is 1. The predicted octanol–water partition coefficient (Wildman–Crippen LogP) is 3.56. The van der Waals surface area contributed by atoms with Crippen molar-refractivity contribution in [3.05, 3.63) is 59.9 Å². The average molecular weight is 279 g/mol. The maximum Gasteiger partial charge on any atom is 0.137 e. The fraction of sp³-hybridized carbons (Fsp3) is 0.176. The SMILES string of the molecule is COc1cccc(CNc2ncnc3ccc(C)cc23)c1. The van der Waals surface area contributed by atoms with E-state index >= 15 is 0 Å². The largest absolute Gasteiger partial charge is 0.497 e. The number of hydrogen-bond donors (Lipinski definition) is 1. The summed E-state index contributed by atoms with van der Waals surface area (Å²) in [7, 11) is 1.67. The highest BCUT2D eigenvalue weighted by Crippen LogP contribution is 2.21. The Morgan fingerprint density at radius 3 is 2.86 bits per heavy atom. The summed E-state index contributed by atoms with van der Waals surface area (Å²) in [6.07, 6.45) is 1.59. The predicted molar refractivity (Wildman–Crippen MR) is 84.6 cm³/mol. The molecule has 0 bridgehead atoms. The van der Waals surface area contributed by atoms with Crippen LogP contribution in [-0.4, -0.2) is 17.1 Å². The molecule has 21 heavy (non-hydrogen) atoms. The summed E-state index contributed by atoms with van der Waals surface area (Å²) in [5.74, 6) is 1.71. The lowest BCUT2D eigenvalue weighted by atomic mass is 10.1. The summed E-state index contributed by atoms with van der Waals surface area (Å²) in [6, 6.07) is 14.2. The molecular formula is C17H17N3O. The van der Waals surface area contributed by atoms with Gasteiger partial charge < -0.3 is 10.1 Å². The zero-order valence-corrected chi connectivity index (χ0v) is 12.1. The summed E-state index contributed by atoms with van der Waals surface area (Å²) >= 11 is 0. The fourth-order valence-corrected chi connectivity index (χ4v) is 2.28. The molecule has 4 nitrogen and oxygen atoms in total. The van der Waals surface area contributed by atoms with E-state index in [1.54, 1.807) is 13.4 Å². The van der Waals surface area contributed by atoms with E-state index < -0.39 is 0 Å². The Hall–Kier alpha value is -2.62. The number of anilines is 1. The molecule has 0 aliphatic carbocycles. The first-order valence-corrected chi connectivity index (χ1v) is 6.84. The van der Waals surface area contributed by atoms with Crippen molar-refractivity contribution >= 4 is 16.7 Å². The van der Waals surface area contributed by atoms with Gasteiger partial charge in [0, 0.05) is 11.9 Å². The molecule has 3 aromatic rings. The van der Waals surface area contributed by atoms with Gasteiger partial charge in [0.25, 0.3) is 0 Å². The van der Waals surface area contributed by atoms with Crippen molar-refractivity contribution in [1.29, 1.82) is 0 Å². The van der Waals surface area contributed by atoms with Crippen LogP contribution in [0.15, 0.2) is 48.8 Å². The third-order valence-electron chi connectivity index (χ3n) is 3.38. The molecular weight excluding hydrogens is 262 g/mol. The number of methoxy groups -OCH3 is 1. The van der Waals surface area contributed by atoms with Gasteiger partial charge in [-0.05, 0) is 36.8 Å². The van der Waals surface area contributed by atoms with Crippen LogP contribution in [0.25, 0.3) is 10.9 Å². The van der Waals surface area contributed by atoms with Gasteiger partial charge in [-0.2, -0.15) is 0 Å². The zero-order valence-electron chi connectivity index (χ0n) is 12.1. The molecule has 0 saturated heterocycles. The van der Waals surface area contributed by atoms with Crippen LogP contribution in [0, 0.1) is 6.92 Å². The minimum Gasteiger partial charge on any atom is -0.497 e. The monoisotopic (exact) mass is 279 g/mol. The topological polar surface area (TPSA) is 47.0 Å². The van der Waals surface area contributed by atoms with E-state index in [9.17, 15) is 0 Å².